The number of nitrogens with zero attached hydrogens (tertiary/aromatic N) is 1. The molecule has 0 aromatic heterocycles. The standard InChI is InChI=1S/C19H22N2O3S/c1-14-7-8-17(25(2,23)24)11-18(14)20-12-19(22)21-10-9-15-5-3-4-6-16(15)13-21/h3-8,11,20H,9-10,12-13H2,1-2H3. The number of sulfone groups is 1. The second-order valence-corrected chi connectivity index (χ2v) is 8.45. The van der Waals surface area contributed by atoms with Crippen LogP contribution in [0, 0.1) is 6.92 Å². The van der Waals surface area contributed by atoms with E-state index in [-0.39, 0.29) is 17.3 Å². The van der Waals surface area contributed by atoms with E-state index in [1.807, 2.05) is 24.0 Å². The van der Waals surface area contributed by atoms with Crippen LogP contribution in [0.5, 0.6) is 0 Å². The summed E-state index contributed by atoms with van der Waals surface area (Å²) in [4.78, 5) is 14.6. The lowest BCUT2D eigenvalue weighted by Gasteiger charge is -2.29. The number of rotatable bonds is 4. The molecular weight excluding hydrogens is 336 g/mol. The molecule has 0 saturated heterocycles. The first-order valence-electron chi connectivity index (χ1n) is 8.24. The van der Waals surface area contributed by atoms with Gasteiger partial charge in [0.1, 0.15) is 0 Å². The Hall–Kier alpha value is -2.34. The maximum Gasteiger partial charge on any atom is 0.242 e. The summed E-state index contributed by atoms with van der Waals surface area (Å²) in [5, 5.41) is 3.09. The van der Waals surface area contributed by atoms with Gasteiger partial charge in [-0.3, -0.25) is 4.79 Å². The summed E-state index contributed by atoms with van der Waals surface area (Å²) in [6.45, 7) is 3.37. The van der Waals surface area contributed by atoms with Crippen molar-refractivity contribution in [3.05, 3.63) is 59.2 Å². The Balaban J connectivity index is 1.67. The summed E-state index contributed by atoms with van der Waals surface area (Å²) >= 11 is 0. The van der Waals surface area contributed by atoms with Gasteiger partial charge in [-0.2, -0.15) is 0 Å². The molecule has 2 aromatic rings. The van der Waals surface area contributed by atoms with Crippen molar-refractivity contribution in [2.45, 2.75) is 24.8 Å². The zero-order valence-corrected chi connectivity index (χ0v) is 15.3. The highest BCUT2D eigenvalue weighted by Crippen LogP contribution is 2.21. The van der Waals surface area contributed by atoms with Gasteiger partial charge >= 0.3 is 0 Å². The third-order valence-corrected chi connectivity index (χ3v) is 5.66. The van der Waals surface area contributed by atoms with Crippen molar-refractivity contribution < 1.29 is 13.2 Å². The van der Waals surface area contributed by atoms with Crippen LogP contribution >= 0.6 is 0 Å². The molecule has 2 aromatic carbocycles. The highest BCUT2D eigenvalue weighted by atomic mass is 32.2. The molecule has 3 rings (SSSR count). The van der Waals surface area contributed by atoms with Crippen LogP contribution in [0.4, 0.5) is 5.69 Å². The first-order valence-corrected chi connectivity index (χ1v) is 10.1. The maximum absolute atomic E-state index is 12.5. The number of benzene rings is 2. The Labute approximate surface area is 148 Å². The van der Waals surface area contributed by atoms with E-state index in [0.29, 0.717) is 18.8 Å². The molecule has 1 aliphatic heterocycles. The van der Waals surface area contributed by atoms with Gasteiger partial charge < -0.3 is 10.2 Å². The van der Waals surface area contributed by atoms with Crippen molar-refractivity contribution in [3.8, 4) is 0 Å². The number of hydrogen-bond acceptors (Lipinski definition) is 4. The van der Waals surface area contributed by atoms with Crippen molar-refractivity contribution in [2.24, 2.45) is 0 Å². The summed E-state index contributed by atoms with van der Waals surface area (Å²) < 4.78 is 23.4. The van der Waals surface area contributed by atoms with Crippen LogP contribution in [-0.2, 0) is 27.6 Å². The van der Waals surface area contributed by atoms with E-state index in [4.69, 9.17) is 0 Å². The summed E-state index contributed by atoms with van der Waals surface area (Å²) in [6.07, 6.45) is 2.04. The van der Waals surface area contributed by atoms with Crippen molar-refractivity contribution >= 4 is 21.4 Å². The minimum absolute atomic E-state index is 0.0126. The molecule has 1 heterocycles. The molecule has 0 bridgehead atoms. The molecule has 0 fully saturated rings. The van der Waals surface area contributed by atoms with Crippen LogP contribution in [0.3, 0.4) is 0 Å². The number of hydrogen-bond donors (Lipinski definition) is 1. The van der Waals surface area contributed by atoms with Crippen LogP contribution < -0.4 is 5.32 Å². The molecule has 0 atom stereocenters. The Kier molecular flexibility index (Phi) is 4.81. The van der Waals surface area contributed by atoms with E-state index in [1.54, 1.807) is 18.2 Å². The molecule has 0 aliphatic carbocycles. The van der Waals surface area contributed by atoms with Gasteiger partial charge in [0.15, 0.2) is 9.84 Å². The summed E-state index contributed by atoms with van der Waals surface area (Å²) in [6, 6.07) is 13.1. The molecule has 0 spiro atoms. The van der Waals surface area contributed by atoms with Crippen molar-refractivity contribution in [2.75, 3.05) is 24.7 Å². The van der Waals surface area contributed by atoms with Gasteiger partial charge in [0, 0.05) is 25.0 Å². The minimum atomic E-state index is -3.27. The van der Waals surface area contributed by atoms with E-state index in [0.717, 1.165) is 12.0 Å². The van der Waals surface area contributed by atoms with Crippen LogP contribution in [0.1, 0.15) is 16.7 Å². The lowest BCUT2D eigenvalue weighted by atomic mass is 10.00. The predicted octanol–water partition coefficient (Wildman–Crippen LogP) is 2.40. The first-order chi connectivity index (χ1) is 11.8. The lowest BCUT2D eigenvalue weighted by molar-refractivity contribution is -0.130. The maximum atomic E-state index is 12.5. The zero-order valence-electron chi connectivity index (χ0n) is 14.5. The zero-order chi connectivity index (χ0) is 18.0. The van der Waals surface area contributed by atoms with Crippen LogP contribution in [0.25, 0.3) is 0 Å². The fraction of sp³-hybridized carbons (Fsp3) is 0.316. The Morgan fingerprint density at radius 2 is 1.88 bits per heavy atom. The number of carbonyl (C=O) groups is 1. The van der Waals surface area contributed by atoms with E-state index in [1.165, 1.54) is 17.4 Å². The predicted molar refractivity (Wildman–Crippen MR) is 98.3 cm³/mol. The highest BCUT2D eigenvalue weighted by Gasteiger charge is 2.20. The number of anilines is 1. The molecule has 0 radical (unpaired) electrons. The number of aryl methyl sites for hydroxylation is 1. The van der Waals surface area contributed by atoms with Crippen molar-refractivity contribution in [1.82, 2.24) is 4.90 Å². The smallest absolute Gasteiger partial charge is 0.242 e. The summed E-state index contributed by atoms with van der Waals surface area (Å²) in [7, 11) is -3.27. The Bertz CT molecular complexity index is 907. The minimum Gasteiger partial charge on any atom is -0.376 e. The third kappa shape index (κ3) is 4.02. The molecule has 6 heteroatoms. The average Bonchev–Trinajstić information content (AvgIpc) is 2.59. The second-order valence-electron chi connectivity index (χ2n) is 6.44. The second kappa shape index (κ2) is 6.88. The fourth-order valence-corrected chi connectivity index (χ4v) is 3.66. The van der Waals surface area contributed by atoms with Crippen LogP contribution in [0.15, 0.2) is 47.4 Å². The molecule has 1 amide bonds. The van der Waals surface area contributed by atoms with E-state index in [9.17, 15) is 13.2 Å². The van der Waals surface area contributed by atoms with Gasteiger partial charge in [0.25, 0.3) is 0 Å². The number of amides is 1. The molecule has 132 valence electrons. The van der Waals surface area contributed by atoms with Crippen LogP contribution in [0.2, 0.25) is 0 Å². The van der Waals surface area contributed by atoms with Gasteiger partial charge in [-0.05, 0) is 42.2 Å². The lowest BCUT2D eigenvalue weighted by Crippen LogP contribution is -2.39. The van der Waals surface area contributed by atoms with Crippen molar-refractivity contribution in [1.29, 1.82) is 0 Å². The largest absolute Gasteiger partial charge is 0.376 e. The van der Waals surface area contributed by atoms with Crippen molar-refractivity contribution in [3.63, 3.8) is 0 Å². The summed E-state index contributed by atoms with van der Waals surface area (Å²) in [5.74, 6) is 0.0126. The normalized spacial score (nSPS) is 14.1. The molecular formula is C19H22N2O3S. The molecule has 1 N–H and O–H groups in total. The Morgan fingerprint density at radius 3 is 2.60 bits per heavy atom. The fourth-order valence-electron chi connectivity index (χ4n) is 3.01. The molecule has 0 saturated carbocycles. The van der Waals surface area contributed by atoms with Gasteiger partial charge in [-0.15, -0.1) is 0 Å². The van der Waals surface area contributed by atoms with Gasteiger partial charge in [0.2, 0.25) is 5.91 Å². The monoisotopic (exact) mass is 358 g/mol. The van der Waals surface area contributed by atoms with Gasteiger partial charge in [-0.25, -0.2) is 8.42 Å². The molecule has 25 heavy (non-hydrogen) atoms. The molecule has 1 aliphatic rings. The van der Waals surface area contributed by atoms with E-state index >= 15 is 0 Å². The molecule has 5 nitrogen and oxygen atoms in total. The third-order valence-electron chi connectivity index (χ3n) is 4.55. The highest BCUT2D eigenvalue weighted by molar-refractivity contribution is 7.90. The number of fused-ring (bicyclic) bond motifs is 1. The topological polar surface area (TPSA) is 66.5 Å². The van der Waals surface area contributed by atoms with E-state index in [2.05, 4.69) is 17.4 Å². The average molecular weight is 358 g/mol. The summed E-state index contributed by atoms with van der Waals surface area (Å²) in [5.41, 5.74) is 4.08. The molecule has 0 unspecified atom stereocenters. The Morgan fingerprint density at radius 1 is 1.16 bits per heavy atom. The quantitative estimate of drug-likeness (QED) is 0.911. The van der Waals surface area contributed by atoms with E-state index < -0.39 is 9.84 Å². The first kappa shape index (κ1) is 17.5. The number of nitrogens with one attached hydrogen (secondary N) is 1. The number of carbonyl (C=O) groups excluding carboxylic acids is 1. The van der Waals surface area contributed by atoms with Gasteiger partial charge in [0.05, 0.1) is 11.4 Å². The van der Waals surface area contributed by atoms with Gasteiger partial charge in [-0.1, -0.05) is 30.3 Å². The SMILES string of the molecule is Cc1ccc(S(C)(=O)=O)cc1NCC(=O)N1CCc2ccccc2C1. The van der Waals surface area contributed by atoms with Crippen LogP contribution in [-0.4, -0.2) is 38.6 Å².